The molecule has 1 heterocycles. The van der Waals surface area contributed by atoms with Crippen molar-refractivity contribution >= 4 is 5.97 Å². The Kier molecular flexibility index (Phi) is 3.15. The standard InChI is InChI=1S/C20H28O5/c1-5-17(4)9-10-19(23)12(11-17)13(21)20(24)14-16(2,3)7-6-8-18(14,19)15(22)25-20/h5,11,13-14,21,23-24H,1,6-10H2,2-4H3/t13-,14+,17+,18+,19-,20+/m1/s1. The Bertz CT molecular complexity index is 696. The summed E-state index contributed by atoms with van der Waals surface area (Å²) in [5.41, 5.74) is -3.19. The van der Waals surface area contributed by atoms with Crippen molar-refractivity contribution in [3.8, 4) is 0 Å². The molecule has 138 valence electrons. The topological polar surface area (TPSA) is 87.0 Å². The van der Waals surface area contributed by atoms with Crippen molar-refractivity contribution in [3.63, 3.8) is 0 Å². The summed E-state index contributed by atoms with van der Waals surface area (Å²) in [6.07, 6.45) is 5.17. The van der Waals surface area contributed by atoms with E-state index in [0.717, 1.165) is 12.8 Å². The Morgan fingerprint density at radius 2 is 1.88 bits per heavy atom. The summed E-state index contributed by atoms with van der Waals surface area (Å²) in [6.45, 7) is 9.81. The average molecular weight is 348 g/mol. The molecule has 5 nitrogen and oxygen atoms in total. The second kappa shape index (κ2) is 4.56. The van der Waals surface area contributed by atoms with Crippen LogP contribution >= 0.6 is 0 Å². The average Bonchev–Trinajstić information content (AvgIpc) is 2.77. The van der Waals surface area contributed by atoms with Gasteiger partial charge in [-0.05, 0) is 36.7 Å². The van der Waals surface area contributed by atoms with E-state index in [9.17, 15) is 20.1 Å². The van der Waals surface area contributed by atoms with E-state index in [1.807, 2.05) is 20.8 Å². The molecule has 2 bridgehead atoms. The summed E-state index contributed by atoms with van der Waals surface area (Å²) in [6, 6.07) is 0. The first kappa shape index (κ1) is 17.3. The lowest BCUT2D eigenvalue weighted by molar-refractivity contribution is -0.289. The first-order chi connectivity index (χ1) is 11.5. The van der Waals surface area contributed by atoms with Crippen LogP contribution in [-0.2, 0) is 9.53 Å². The Balaban J connectivity index is 2.01. The van der Waals surface area contributed by atoms with Gasteiger partial charge < -0.3 is 20.1 Å². The van der Waals surface area contributed by atoms with E-state index in [2.05, 4.69) is 6.58 Å². The molecule has 0 aromatic carbocycles. The van der Waals surface area contributed by atoms with Gasteiger partial charge >= 0.3 is 5.97 Å². The first-order valence-corrected chi connectivity index (χ1v) is 9.20. The lowest BCUT2D eigenvalue weighted by atomic mass is 9.42. The van der Waals surface area contributed by atoms with Gasteiger partial charge in [-0.1, -0.05) is 39.3 Å². The van der Waals surface area contributed by atoms with Gasteiger partial charge in [-0.25, -0.2) is 0 Å². The highest BCUT2D eigenvalue weighted by Gasteiger charge is 2.83. The fourth-order valence-corrected chi connectivity index (χ4v) is 6.35. The number of aliphatic hydroxyl groups is 3. The quantitative estimate of drug-likeness (QED) is 0.499. The molecule has 3 aliphatic carbocycles. The molecule has 0 spiro atoms. The molecule has 0 aromatic rings. The van der Waals surface area contributed by atoms with Crippen LogP contribution in [-0.4, -0.2) is 38.8 Å². The summed E-state index contributed by atoms with van der Waals surface area (Å²) in [5, 5.41) is 34.2. The van der Waals surface area contributed by atoms with Gasteiger partial charge in [0.1, 0.15) is 17.1 Å². The van der Waals surface area contributed by atoms with Crippen LogP contribution in [0.2, 0.25) is 0 Å². The number of hydrogen-bond acceptors (Lipinski definition) is 5. The van der Waals surface area contributed by atoms with Crippen molar-refractivity contribution < 1.29 is 24.9 Å². The van der Waals surface area contributed by atoms with Crippen molar-refractivity contribution in [2.24, 2.45) is 22.2 Å². The zero-order valence-electron chi connectivity index (χ0n) is 15.2. The largest absolute Gasteiger partial charge is 0.429 e. The number of ether oxygens (including phenoxy) is 1. The molecular weight excluding hydrogens is 320 g/mol. The third kappa shape index (κ3) is 1.72. The van der Waals surface area contributed by atoms with E-state index in [-0.39, 0.29) is 0 Å². The highest BCUT2D eigenvalue weighted by atomic mass is 16.7. The van der Waals surface area contributed by atoms with Gasteiger partial charge in [0.05, 0.1) is 5.92 Å². The van der Waals surface area contributed by atoms with Crippen LogP contribution in [0.5, 0.6) is 0 Å². The maximum absolute atomic E-state index is 13.0. The number of carbonyl (C=O) groups excluding carboxylic acids is 1. The molecule has 6 atom stereocenters. The highest BCUT2D eigenvalue weighted by molar-refractivity contribution is 5.85. The number of fused-ring (bicyclic) bond motifs is 1. The first-order valence-electron chi connectivity index (χ1n) is 9.20. The fraction of sp³-hybridized carbons (Fsp3) is 0.750. The third-order valence-electron chi connectivity index (χ3n) is 7.58. The van der Waals surface area contributed by atoms with Crippen LogP contribution in [0, 0.1) is 22.2 Å². The summed E-state index contributed by atoms with van der Waals surface area (Å²) in [4.78, 5) is 13.0. The predicted molar refractivity (Wildman–Crippen MR) is 91.2 cm³/mol. The maximum atomic E-state index is 13.0. The summed E-state index contributed by atoms with van der Waals surface area (Å²) >= 11 is 0. The van der Waals surface area contributed by atoms with Crippen molar-refractivity contribution in [3.05, 3.63) is 24.3 Å². The molecule has 0 amide bonds. The van der Waals surface area contributed by atoms with Crippen LogP contribution < -0.4 is 0 Å². The summed E-state index contributed by atoms with van der Waals surface area (Å²) < 4.78 is 5.46. The third-order valence-corrected chi connectivity index (χ3v) is 7.58. The molecule has 0 unspecified atom stereocenters. The van der Waals surface area contributed by atoms with E-state index in [1.54, 1.807) is 12.2 Å². The molecule has 25 heavy (non-hydrogen) atoms. The molecule has 5 heteroatoms. The van der Waals surface area contributed by atoms with E-state index < -0.39 is 45.6 Å². The normalized spacial score (nSPS) is 53.4. The smallest absolute Gasteiger partial charge is 0.318 e. The van der Waals surface area contributed by atoms with Gasteiger partial charge in [-0.3, -0.25) is 4.79 Å². The molecule has 3 N–H and O–H groups in total. The minimum Gasteiger partial charge on any atom is -0.429 e. The monoisotopic (exact) mass is 348 g/mol. The molecule has 0 radical (unpaired) electrons. The number of aliphatic hydroxyl groups excluding tert-OH is 1. The van der Waals surface area contributed by atoms with Crippen molar-refractivity contribution in [2.75, 3.05) is 0 Å². The van der Waals surface area contributed by atoms with Gasteiger partial charge in [0.2, 0.25) is 5.79 Å². The molecule has 4 rings (SSSR count). The number of hydrogen-bond donors (Lipinski definition) is 3. The minimum atomic E-state index is -1.99. The zero-order valence-corrected chi connectivity index (χ0v) is 15.2. The van der Waals surface area contributed by atoms with Crippen molar-refractivity contribution in [2.45, 2.75) is 70.4 Å². The Morgan fingerprint density at radius 1 is 1.20 bits per heavy atom. The zero-order chi connectivity index (χ0) is 18.5. The van der Waals surface area contributed by atoms with E-state index in [4.69, 9.17) is 4.74 Å². The number of carbonyl (C=O) groups is 1. The van der Waals surface area contributed by atoms with Crippen LogP contribution in [0.1, 0.15) is 52.9 Å². The highest BCUT2D eigenvalue weighted by Crippen LogP contribution is 2.72. The predicted octanol–water partition coefficient (Wildman–Crippen LogP) is 2.06. The molecular formula is C20H28O5. The molecule has 3 fully saturated rings. The van der Waals surface area contributed by atoms with Crippen LogP contribution in [0.4, 0.5) is 0 Å². The van der Waals surface area contributed by atoms with Gasteiger partial charge in [0.25, 0.3) is 0 Å². The van der Waals surface area contributed by atoms with Crippen LogP contribution in [0.25, 0.3) is 0 Å². The van der Waals surface area contributed by atoms with Crippen LogP contribution in [0.3, 0.4) is 0 Å². The minimum absolute atomic E-state index is 0.323. The summed E-state index contributed by atoms with van der Waals surface area (Å²) in [7, 11) is 0. The number of allylic oxidation sites excluding steroid dienone is 2. The van der Waals surface area contributed by atoms with Gasteiger partial charge in [0.15, 0.2) is 0 Å². The van der Waals surface area contributed by atoms with E-state index >= 15 is 0 Å². The van der Waals surface area contributed by atoms with E-state index in [1.165, 1.54) is 0 Å². The lowest BCUT2D eigenvalue weighted by Gasteiger charge is -2.61. The SMILES string of the molecule is C=C[C@]1(C)C=C2[C@@H](O)[C@]3(O)OC(=O)[C@@]4(CCCC(C)(C)[C@H]34)[C@@]2(O)CC1. The molecule has 1 saturated heterocycles. The van der Waals surface area contributed by atoms with Crippen molar-refractivity contribution in [1.29, 1.82) is 0 Å². The number of esters is 1. The lowest BCUT2D eigenvalue weighted by Crippen LogP contribution is -2.71. The fourth-order valence-electron chi connectivity index (χ4n) is 6.35. The Hall–Kier alpha value is -1.17. The summed E-state index contributed by atoms with van der Waals surface area (Å²) in [5.74, 6) is -3.20. The molecule has 0 aromatic heterocycles. The molecule has 4 aliphatic rings. The van der Waals surface area contributed by atoms with Gasteiger partial charge in [-0.15, -0.1) is 6.58 Å². The van der Waals surface area contributed by atoms with Crippen LogP contribution in [0.15, 0.2) is 24.3 Å². The van der Waals surface area contributed by atoms with Crippen molar-refractivity contribution in [1.82, 2.24) is 0 Å². The van der Waals surface area contributed by atoms with Gasteiger partial charge in [-0.2, -0.15) is 0 Å². The number of rotatable bonds is 1. The van der Waals surface area contributed by atoms with Gasteiger partial charge in [0, 0.05) is 5.41 Å². The molecule has 2 saturated carbocycles. The Labute approximate surface area is 148 Å². The Morgan fingerprint density at radius 3 is 2.52 bits per heavy atom. The second-order valence-corrected chi connectivity index (χ2v) is 9.46. The molecule has 1 aliphatic heterocycles. The van der Waals surface area contributed by atoms with E-state index in [0.29, 0.717) is 24.8 Å². The maximum Gasteiger partial charge on any atom is 0.318 e. The second-order valence-electron chi connectivity index (χ2n) is 9.46.